The minimum atomic E-state index is -3.58. The normalized spacial score (nSPS) is 12.8. The van der Waals surface area contributed by atoms with Crippen molar-refractivity contribution in [2.24, 2.45) is 5.92 Å². The van der Waals surface area contributed by atoms with E-state index in [9.17, 15) is 18.3 Å². The van der Waals surface area contributed by atoms with Crippen molar-refractivity contribution >= 4 is 50.8 Å². The molecule has 0 bridgehead atoms. The molecule has 0 fully saturated rings. The van der Waals surface area contributed by atoms with Crippen molar-refractivity contribution in [2.45, 2.75) is 31.5 Å². The highest BCUT2D eigenvalue weighted by atomic mass is 32.2. The molecule has 1 atom stereocenters. The van der Waals surface area contributed by atoms with Gasteiger partial charge in [0.25, 0.3) is 0 Å². The molecule has 0 aromatic carbocycles. The number of carbonyl (C=O) groups excluding carboxylic acids is 1. The highest BCUT2D eigenvalue weighted by Gasteiger charge is 2.16. The number of hydrogen-bond acceptors (Lipinski definition) is 10. The number of thioether (sulfide) groups is 1. The number of anilines is 2. The van der Waals surface area contributed by atoms with Gasteiger partial charge < -0.3 is 10.4 Å². The third-order valence-electron chi connectivity index (χ3n) is 3.33. The van der Waals surface area contributed by atoms with E-state index < -0.39 is 10.0 Å². The molecule has 0 saturated carbocycles. The summed E-state index contributed by atoms with van der Waals surface area (Å²) in [5, 5.41) is 14.6. The molecule has 0 aliphatic carbocycles. The maximum absolute atomic E-state index is 12.2. The summed E-state index contributed by atoms with van der Waals surface area (Å²) in [5.74, 6) is 0.356. The second-order valence-corrected chi connectivity index (χ2v) is 10.1. The van der Waals surface area contributed by atoms with E-state index in [2.05, 4.69) is 25.0 Å². The van der Waals surface area contributed by atoms with Crippen molar-refractivity contribution < 1.29 is 18.3 Å². The highest BCUT2D eigenvalue weighted by molar-refractivity contribution is 7.99. The Labute approximate surface area is 172 Å². The Morgan fingerprint density at radius 3 is 2.57 bits per heavy atom. The summed E-state index contributed by atoms with van der Waals surface area (Å²) >= 11 is 2.44. The van der Waals surface area contributed by atoms with Crippen LogP contribution < -0.4 is 10.0 Å². The first-order valence-corrected chi connectivity index (χ1v) is 12.2. The number of nitrogens with zero attached hydrogens (tertiary/aromatic N) is 3. The number of thiophene rings is 1. The molecule has 0 unspecified atom stereocenters. The molecule has 0 spiro atoms. The zero-order valence-electron chi connectivity index (χ0n) is 15.7. The van der Waals surface area contributed by atoms with Crippen LogP contribution in [0.3, 0.4) is 0 Å². The molecule has 9 nitrogen and oxygen atoms in total. The van der Waals surface area contributed by atoms with E-state index in [1.54, 1.807) is 12.1 Å². The predicted octanol–water partition coefficient (Wildman–Crippen LogP) is 2.10. The topological polar surface area (TPSA) is 134 Å². The second kappa shape index (κ2) is 10.1. The molecule has 0 aliphatic rings. The van der Waals surface area contributed by atoms with Crippen LogP contribution in [-0.4, -0.2) is 58.9 Å². The lowest BCUT2D eigenvalue weighted by Gasteiger charge is -2.18. The molecule has 2 aromatic rings. The molecular weight excluding hydrogens is 422 g/mol. The Kier molecular flexibility index (Phi) is 8.16. The Balaban J connectivity index is 2.20. The number of rotatable bonds is 11. The van der Waals surface area contributed by atoms with Crippen molar-refractivity contribution in [3.63, 3.8) is 0 Å². The van der Waals surface area contributed by atoms with E-state index in [1.807, 2.05) is 19.2 Å². The van der Waals surface area contributed by atoms with Gasteiger partial charge >= 0.3 is 0 Å². The van der Waals surface area contributed by atoms with Gasteiger partial charge in [0.2, 0.25) is 21.9 Å². The number of carbonyl (C=O) groups is 1. The van der Waals surface area contributed by atoms with E-state index in [0.29, 0.717) is 17.2 Å². The average molecular weight is 446 g/mol. The SMILES string of the molecule is CC(C)C[C@H](CO)Nc1nc(NS(C)(=O)=O)nc(SCC(=O)c2cccs2)n1. The van der Waals surface area contributed by atoms with E-state index >= 15 is 0 Å². The van der Waals surface area contributed by atoms with E-state index in [1.165, 1.54) is 11.3 Å². The minimum Gasteiger partial charge on any atom is -0.394 e. The number of aliphatic hydroxyl groups excluding tert-OH is 1. The molecular formula is C16H23N5O4S3. The summed E-state index contributed by atoms with van der Waals surface area (Å²) in [6.45, 7) is 3.91. The molecule has 0 saturated heterocycles. The quantitative estimate of drug-likeness (QED) is 0.351. The van der Waals surface area contributed by atoms with Gasteiger partial charge in [0.15, 0.2) is 10.9 Å². The third kappa shape index (κ3) is 7.70. The number of aliphatic hydroxyl groups is 1. The zero-order valence-corrected chi connectivity index (χ0v) is 18.2. The van der Waals surface area contributed by atoms with E-state index in [-0.39, 0.29) is 41.2 Å². The molecule has 2 heterocycles. The van der Waals surface area contributed by atoms with Gasteiger partial charge in [-0.2, -0.15) is 15.0 Å². The van der Waals surface area contributed by atoms with Crippen LogP contribution in [0.15, 0.2) is 22.7 Å². The first kappa shape index (κ1) is 22.5. The number of ketones is 1. The molecule has 2 rings (SSSR count). The fourth-order valence-corrected chi connectivity index (χ4v) is 4.16. The lowest BCUT2D eigenvalue weighted by atomic mass is 10.0. The standard InChI is InChI=1S/C16H23N5O4S3/c1-10(2)7-11(8-22)17-14-18-15(21-28(3,24)25)20-16(19-14)27-9-12(23)13-5-4-6-26-13/h4-6,10-11,22H,7-9H2,1-3H3,(H2,17,18,19,20,21)/t11-/m1/s1. The summed E-state index contributed by atoms with van der Waals surface area (Å²) in [4.78, 5) is 25.2. The highest BCUT2D eigenvalue weighted by Crippen LogP contribution is 2.21. The van der Waals surface area contributed by atoms with Gasteiger partial charge in [-0.05, 0) is 23.8 Å². The number of Topliss-reactive ketones (excluding diaryl/α,β-unsaturated/α-hetero) is 1. The van der Waals surface area contributed by atoms with Gasteiger partial charge in [-0.25, -0.2) is 8.42 Å². The minimum absolute atomic E-state index is 0.0689. The van der Waals surface area contributed by atoms with Crippen LogP contribution in [0.25, 0.3) is 0 Å². The fraction of sp³-hybridized carbons (Fsp3) is 0.500. The maximum Gasteiger partial charge on any atom is 0.242 e. The Hall–Kier alpha value is -1.76. The van der Waals surface area contributed by atoms with Crippen LogP contribution in [0.4, 0.5) is 11.9 Å². The fourth-order valence-electron chi connectivity index (χ4n) is 2.27. The van der Waals surface area contributed by atoms with Gasteiger partial charge in [0.1, 0.15) is 0 Å². The summed E-state index contributed by atoms with van der Waals surface area (Å²) in [6.07, 6.45) is 1.67. The van der Waals surface area contributed by atoms with Crippen molar-refractivity contribution in [3.05, 3.63) is 22.4 Å². The van der Waals surface area contributed by atoms with Gasteiger partial charge in [-0.3, -0.25) is 9.52 Å². The summed E-state index contributed by atoms with van der Waals surface area (Å²) < 4.78 is 25.3. The van der Waals surface area contributed by atoms with Crippen molar-refractivity contribution in [1.82, 2.24) is 15.0 Å². The third-order valence-corrected chi connectivity index (χ3v) is 5.64. The molecule has 0 amide bonds. The smallest absolute Gasteiger partial charge is 0.242 e. The molecule has 3 N–H and O–H groups in total. The van der Waals surface area contributed by atoms with Crippen molar-refractivity contribution in [2.75, 3.05) is 28.7 Å². The zero-order chi connectivity index (χ0) is 20.7. The Morgan fingerprint density at radius 2 is 2.00 bits per heavy atom. The summed E-state index contributed by atoms with van der Waals surface area (Å²) in [7, 11) is -3.58. The largest absolute Gasteiger partial charge is 0.394 e. The molecule has 154 valence electrons. The summed E-state index contributed by atoms with van der Waals surface area (Å²) in [6, 6.07) is 3.24. The van der Waals surface area contributed by atoms with Crippen LogP contribution in [-0.2, 0) is 10.0 Å². The Morgan fingerprint density at radius 1 is 1.29 bits per heavy atom. The molecule has 2 aromatic heterocycles. The first-order valence-electron chi connectivity index (χ1n) is 8.47. The molecule has 0 radical (unpaired) electrons. The van der Waals surface area contributed by atoms with Gasteiger partial charge in [0.05, 0.1) is 29.5 Å². The van der Waals surface area contributed by atoms with Gasteiger partial charge in [0, 0.05) is 0 Å². The monoisotopic (exact) mass is 445 g/mol. The summed E-state index contributed by atoms with van der Waals surface area (Å²) in [5.41, 5.74) is 0. The van der Waals surface area contributed by atoms with Gasteiger partial charge in [-0.1, -0.05) is 31.7 Å². The number of sulfonamides is 1. The lowest BCUT2D eigenvalue weighted by Crippen LogP contribution is -2.27. The van der Waals surface area contributed by atoms with Crippen LogP contribution in [0.5, 0.6) is 0 Å². The van der Waals surface area contributed by atoms with Crippen LogP contribution >= 0.6 is 23.1 Å². The second-order valence-electron chi connectivity index (χ2n) is 6.48. The average Bonchev–Trinajstić information content (AvgIpc) is 3.11. The number of aromatic nitrogens is 3. The predicted molar refractivity (Wildman–Crippen MR) is 112 cm³/mol. The van der Waals surface area contributed by atoms with Crippen LogP contribution in [0.1, 0.15) is 29.9 Å². The molecule has 28 heavy (non-hydrogen) atoms. The van der Waals surface area contributed by atoms with Crippen molar-refractivity contribution in [1.29, 1.82) is 0 Å². The van der Waals surface area contributed by atoms with Crippen LogP contribution in [0, 0.1) is 5.92 Å². The molecule has 12 heteroatoms. The first-order chi connectivity index (χ1) is 13.2. The van der Waals surface area contributed by atoms with E-state index in [4.69, 9.17) is 0 Å². The number of hydrogen-bond donors (Lipinski definition) is 3. The maximum atomic E-state index is 12.2. The van der Waals surface area contributed by atoms with Crippen molar-refractivity contribution in [3.8, 4) is 0 Å². The number of nitrogens with one attached hydrogen (secondary N) is 2. The molecule has 0 aliphatic heterocycles. The Bertz CT molecular complexity index is 888. The van der Waals surface area contributed by atoms with Crippen LogP contribution in [0.2, 0.25) is 0 Å². The van der Waals surface area contributed by atoms with E-state index in [0.717, 1.165) is 18.0 Å². The van der Waals surface area contributed by atoms with Gasteiger partial charge in [-0.15, -0.1) is 11.3 Å². The lowest BCUT2D eigenvalue weighted by molar-refractivity contribution is 0.102.